The van der Waals surface area contributed by atoms with Crippen molar-refractivity contribution < 1.29 is 22.3 Å². The smallest absolute Gasteiger partial charge is 0.201 e. The topological polar surface area (TPSA) is 9.23 Å². The molecule has 2 aromatic rings. The summed E-state index contributed by atoms with van der Waals surface area (Å²) in [6, 6.07) is 4.68. The fourth-order valence-corrected chi connectivity index (χ4v) is 1.90. The molecule has 5 heteroatoms. The summed E-state index contributed by atoms with van der Waals surface area (Å²) in [6.07, 6.45) is 3.80. The largest absolute Gasteiger partial charge is 0.462 e. The zero-order valence-electron chi connectivity index (χ0n) is 11.7. The lowest BCUT2D eigenvalue weighted by atomic mass is 10.0. The molecule has 0 saturated carbocycles. The quantitative estimate of drug-likeness (QED) is 0.538. The van der Waals surface area contributed by atoms with E-state index in [2.05, 4.69) is 6.58 Å². The van der Waals surface area contributed by atoms with Gasteiger partial charge in [0, 0.05) is 16.7 Å². The molecule has 0 aliphatic carbocycles. The molecular formula is C17H12F4O. The highest BCUT2D eigenvalue weighted by Gasteiger charge is 2.20. The molecule has 0 N–H and O–H groups in total. The van der Waals surface area contributed by atoms with Crippen molar-refractivity contribution in [2.45, 2.75) is 6.92 Å². The Morgan fingerprint density at radius 3 is 2.05 bits per heavy atom. The van der Waals surface area contributed by atoms with Gasteiger partial charge < -0.3 is 4.74 Å². The fourth-order valence-electron chi connectivity index (χ4n) is 1.90. The van der Waals surface area contributed by atoms with Gasteiger partial charge >= 0.3 is 0 Å². The van der Waals surface area contributed by atoms with E-state index in [1.165, 1.54) is 24.5 Å². The summed E-state index contributed by atoms with van der Waals surface area (Å²) in [5.41, 5.74) is -0.829. The van der Waals surface area contributed by atoms with Crippen molar-refractivity contribution in [2.24, 2.45) is 0 Å². The predicted molar refractivity (Wildman–Crippen MR) is 77.2 cm³/mol. The third-order valence-electron chi connectivity index (χ3n) is 3.00. The van der Waals surface area contributed by atoms with Crippen molar-refractivity contribution >= 4 is 6.08 Å². The van der Waals surface area contributed by atoms with Crippen molar-refractivity contribution in [3.8, 4) is 16.9 Å². The van der Waals surface area contributed by atoms with Crippen molar-refractivity contribution in [1.82, 2.24) is 0 Å². The normalized spacial score (nSPS) is 11.0. The summed E-state index contributed by atoms with van der Waals surface area (Å²) in [5, 5.41) is 0. The third kappa shape index (κ3) is 2.74. The molecule has 0 saturated heterocycles. The fraction of sp³-hybridized carbons (Fsp3) is 0.0588. The van der Waals surface area contributed by atoms with E-state index in [-0.39, 0.29) is 16.9 Å². The van der Waals surface area contributed by atoms with E-state index in [4.69, 9.17) is 4.74 Å². The van der Waals surface area contributed by atoms with E-state index < -0.39 is 28.8 Å². The zero-order chi connectivity index (χ0) is 16.3. The Morgan fingerprint density at radius 1 is 0.864 bits per heavy atom. The van der Waals surface area contributed by atoms with E-state index in [9.17, 15) is 17.6 Å². The predicted octanol–water partition coefficient (Wildman–Crippen LogP) is 5.47. The Kier molecular flexibility index (Phi) is 4.65. The lowest BCUT2D eigenvalue weighted by Crippen LogP contribution is -1.98. The van der Waals surface area contributed by atoms with Gasteiger partial charge in [0.1, 0.15) is 0 Å². The molecule has 0 atom stereocenters. The number of rotatable bonds is 4. The number of hydrogen-bond acceptors (Lipinski definition) is 1. The first-order chi connectivity index (χ1) is 10.5. The van der Waals surface area contributed by atoms with Crippen LogP contribution in [0.15, 0.2) is 43.2 Å². The van der Waals surface area contributed by atoms with Crippen LogP contribution in [0.4, 0.5) is 17.6 Å². The van der Waals surface area contributed by atoms with Crippen molar-refractivity contribution in [1.29, 1.82) is 0 Å². The van der Waals surface area contributed by atoms with Crippen LogP contribution in [0.5, 0.6) is 5.75 Å². The Hall–Kier alpha value is -2.56. The van der Waals surface area contributed by atoms with Gasteiger partial charge in [-0.25, -0.2) is 13.2 Å². The van der Waals surface area contributed by atoms with E-state index in [1.54, 1.807) is 6.92 Å². The molecule has 2 rings (SSSR count). The first kappa shape index (κ1) is 15.8. The number of allylic oxidation sites excluding steroid dienone is 1. The molecule has 0 spiro atoms. The van der Waals surface area contributed by atoms with Crippen LogP contribution in [0.3, 0.4) is 0 Å². The second kappa shape index (κ2) is 6.47. The highest BCUT2D eigenvalue weighted by molar-refractivity contribution is 5.68. The standard InChI is InChI=1S/C17H12F4O/c1-3-9-22-13-8-7-12(16(20)17(13)21)11-6-5-10(4-2)14(18)15(11)19/h3-9H,2H2,1H3. The molecule has 0 heterocycles. The number of hydrogen-bond donors (Lipinski definition) is 0. The van der Waals surface area contributed by atoms with E-state index >= 15 is 0 Å². The molecule has 114 valence electrons. The summed E-state index contributed by atoms with van der Waals surface area (Å²) >= 11 is 0. The van der Waals surface area contributed by atoms with E-state index in [0.29, 0.717) is 0 Å². The third-order valence-corrected chi connectivity index (χ3v) is 3.00. The minimum atomic E-state index is -1.31. The van der Waals surface area contributed by atoms with E-state index in [1.807, 2.05) is 0 Å². The van der Waals surface area contributed by atoms with Gasteiger partial charge in [0.05, 0.1) is 6.26 Å². The van der Waals surface area contributed by atoms with Crippen LogP contribution >= 0.6 is 0 Å². The summed E-state index contributed by atoms with van der Waals surface area (Å²) in [7, 11) is 0. The molecule has 0 aliphatic rings. The molecular weight excluding hydrogens is 296 g/mol. The molecule has 0 aliphatic heterocycles. The zero-order valence-corrected chi connectivity index (χ0v) is 11.7. The Morgan fingerprint density at radius 2 is 1.45 bits per heavy atom. The SMILES string of the molecule is C=Cc1ccc(-c2ccc(OC=CC)c(F)c2F)c(F)c1F. The molecule has 0 bridgehead atoms. The molecule has 22 heavy (non-hydrogen) atoms. The van der Waals surface area contributed by atoms with Gasteiger partial charge in [0.2, 0.25) is 5.82 Å². The lowest BCUT2D eigenvalue weighted by molar-refractivity contribution is 0.415. The molecule has 0 radical (unpaired) electrons. The summed E-state index contributed by atoms with van der Waals surface area (Å²) in [4.78, 5) is 0. The summed E-state index contributed by atoms with van der Waals surface area (Å²) < 4.78 is 60.6. The average molecular weight is 308 g/mol. The second-order valence-electron chi connectivity index (χ2n) is 4.36. The van der Waals surface area contributed by atoms with Crippen molar-refractivity contribution in [2.75, 3.05) is 0 Å². The van der Waals surface area contributed by atoms with E-state index in [0.717, 1.165) is 18.2 Å². The number of benzene rings is 2. The minimum Gasteiger partial charge on any atom is -0.462 e. The molecule has 1 nitrogen and oxygen atoms in total. The number of halogens is 4. The highest BCUT2D eigenvalue weighted by Crippen LogP contribution is 2.33. The van der Waals surface area contributed by atoms with Crippen LogP contribution in [-0.4, -0.2) is 0 Å². The van der Waals surface area contributed by atoms with Crippen molar-refractivity contribution in [3.63, 3.8) is 0 Å². The van der Waals surface area contributed by atoms with Crippen LogP contribution in [0, 0.1) is 23.3 Å². The van der Waals surface area contributed by atoms with Crippen LogP contribution in [0.25, 0.3) is 17.2 Å². The minimum absolute atomic E-state index is 0.0600. The lowest BCUT2D eigenvalue weighted by Gasteiger charge is -2.10. The maximum Gasteiger partial charge on any atom is 0.201 e. The van der Waals surface area contributed by atoms with Gasteiger partial charge in [0.15, 0.2) is 23.2 Å². The van der Waals surface area contributed by atoms with Gasteiger partial charge in [-0.2, -0.15) is 4.39 Å². The van der Waals surface area contributed by atoms with Gasteiger partial charge in [-0.3, -0.25) is 0 Å². The van der Waals surface area contributed by atoms with Gasteiger partial charge in [-0.15, -0.1) is 0 Å². The Labute approximate surface area is 125 Å². The average Bonchev–Trinajstić information content (AvgIpc) is 2.52. The van der Waals surface area contributed by atoms with Gasteiger partial charge in [-0.1, -0.05) is 30.9 Å². The van der Waals surface area contributed by atoms with Crippen LogP contribution < -0.4 is 4.74 Å². The molecule has 2 aromatic carbocycles. The van der Waals surface area contributed by atoms with Gasteiger partial charge in [-0.05, 0) is 19.1 Å². The first-order valence-corrected chi connectivity index (χ1v) is 6.37. The molecule has 0 amide bonds. The van der Waals surface area contributed by atoms with Crippen LogP contribution in [0.1, 0.15) is 12.5 Å². The Balaban J connectivity index is 2.57. The number of ether oxygens (including phenoxy) is 1. The maximum absolute atomic E-state index is 14.1. The maximum atomic E-state index is 14.1. The molecule has 0 aromatic heterocycles. The van der Waals surface area contributed by atoms with Crippen molar-refractivity contribution in [3.05, 3.63) is 72.0 Å². The molecule has 0 fully saturated rings. The first-order valence-electron chi connectivity index (χ1n) is 6.37. The second-order valence-corrected chi connectivity index (χ2v) is 4.36. The highest BCUT2D eigenvalue weighted by atomic mass is 19.2. The molecule has 0 unspecified atom stereocenters. The van der Waals surface area contributed by atoms with Gasteiger partial charge in [0.25, 0.3) is 0 Å². The summed E-state index contributed by atoms with van der Waals surface area (Å²) in [6.45, 7) is 4.98. The monoisotopic (exact) mass is 308 g/mol. The summed E-state index contributed by atoms with van der Waals surface area (Å²) in [5.74, 6) is -5.36. The van der Waals surface area contributed by atoms with Crippen LogP contribution in [-0.2, 0) is 0 Å². The Bertz CT molecular complexity index is 751. The van der Waals surface area contributed by atoms with Crippen LogP contribution in [0.2, 0.25) is 0 Å².